The van der Waals surface area contributed by atoms with E-state index in [9.17, 15) is 35.7 Å². The highest BCUT2D eigenvalue weighted by molar-refractivity contribution is 5.82. The number of ketones is 1. The Hall–Kier alpha value is -6.63. The SMILES string of the molecule is NCOc1cc(CCC(=O)C2CC(Cc3ccc(O)cc3O)C3CC4CC(C56CC7(CCCC7)CCC5c5cc[nH]c5-c5ccccc56)C(c5cc(O)c(O)c(OCc6cccc(O)c6)c54)C3C2O)ccc1O. The highest BCUT2D eigenvalue weighted by atomic mass is 16.5. The normalized spacial score (nSPS) is 28.3. The first-order valence-electron chi connectivity index (χ1n) is 26.5. The topological polar surface area (TPSA) is 219 Å². The molecule has 2 bridgehead atoms. The molecule has 6 aromatic rings. The number of carbonyl (C=O) groups is 1. The Morgan fingerprint density at radius 2 is 1.59 bits per heavy atom. The Bertz CT molecular complexity index is 3090. The van der Waals surface area contributed by atoms with Crippen molar-refractivity contribution in [1.29, 1.82) is 0 Å². The molecule has 4 saturated carbocycles. The zero-order chi connectivity index (χ0) is 50.3. The minimum absolute atomic E-state index is 0.0204. The van der Waals surface area contributed by atoms with Crippen molar-refractivity contribution in [2.75, 3.05) is 6.73 Å². The van der Waals surface area contributed by atoms with Crippen molar-refractivity contribution in [1.82, 2.24) is 4.98 Å². The van der Waals surface area contributed by atoms with Gasteiger partial charge in [-0.3, -0.25) is 10.5 Å². The van der Waals surface area contributed by atoms with E-state index >= 15 is 4.79 Å². The molecular formula is C61H66N2O10. The van der Waals surface area contributed by atoms with Gasteiger partial charge in [0.1, 0.15) is 36.4 Å². The fourth-order valence-corrected chi connectivity index (χ4v) is 16.3. The lowest BCUT2D eigenvalue weighted by atomic mass is 9.42. The van der Waals surface area contributed by atoms with Crippen molar-refractivity contribution in [2.24, 2.45) is 40.7 Å². The number of phenols is 6. The maximum atomic E-state index is 15.2. The van der Waals surface area contributed by atoms with Gasteiger partial charge in [-0.1, -0.05) is 61.4 Å². The molecule has 73 heavy (non-hydrogen) atoms. The summed E-state index contributed by atoms with van der Waals surface area (Å²) in [5.74, 6) is -2.60. The van der Waals surface area contributed by atoms with Gasteiger partial charge in [-0.15, -0.1) is 0 Å². The molecule has 5 aromatic carbocycles. The lowest BCUT2D eigenvalue weighted by Crippen LogP contribution is -2.56. The van der Waals surface area contributed by atoms with Crippen molar-refractivity contribution in [3.63, 3.8) is 0 Å². The van der Waals surface area contributed by atoms with Gasteiger partial charge in [0.2, 0.25) is 5.75 Å². The van der Waals surface area contributed by atoms with E-state index in [0.29, 0.717) is 43.2 Å². The lowest BCUT2D eigenvalue weighted by Gasteiger charge is -2.61. The Kier molecular flexibility index (Phi) is 11.9. The van der Waals surface area contributed by atoms with Crippen LogP contribution in [0, 0.1) is 35.0 Å². The third kappa shape index (κ3) is 7.89. The number of aliphatic hydroxyl groups is 1. The molecule has 10 unspecified atom stereocenters. The number of fused-ring (bicyclic) bond motifs is 8. The first-order valence-corrected chi connectivity index (χ1v) is 26.5. The van der Waals surface area contributed by atoms with Gasteiger partial charge in [0.15, 0.2) is 23.0 Å². The van der Waals surface area contributed by atoms with Crippen LogP contribution in [0.4, 0.5) is 0 Å². The fraction of sp³-hybridized carbons (Fsp3) is 0.426. The maximum Gasteiger partial charge on any atom is 0.200 e. The molecule has 380 valence electrons. The molecule has 10 N–H and O–H groups in total. The summed E-state index contributed by atoms with van der Waals surface area (Å²) < 4.78 is 12.2. The third-order valence-corrected chi connectivity index (χ3v) is 19.1. The first-order chi connectivity index (χ1) is 35.4. The number of benzene rings is 5. The summed E-state index contributed by atoms with van der Waals surface area (Å²) >= 11 is 0. The summed E-state index contributed by atoms with van der Waals surface area (Å²) in [6, 6.07) is 29.4. The number of nitrogens with one attached hydrogen (secondary N) is 1. The molecule has 0 amide bonds. The average molecular weight is 987 g/mol. The zero-order valence-corrected chi connectivity index (χ0v) is 41.1. The molecule has 1 spiro atoms. The lowest BCUT2D eigenvalue weighted by molar-refractivity contribution is -0.136. The van der Waals surface area contributed by atoms with Crippen molar-refractivity contribution in [3.8, 4) is 57.3 Å². The minimum Gasteiger partial charge on any atom is -0.508 e. The smallest absolute Gasteiger partial charge is 0.200 e. The van der Waals surface area contributed by atoms with Gasteiger partial charge < -0.3 is 50.2 Å². The van der Waals surface area contributed by atoms with E-state index < -0.39 is 29.3 Å². The number of carbonyl (C=O) groups excluding carboxylic acids is 1. The van der Waals surface area contributed by atoms with Gasteiger partial charge in [-0.05, 0) is 187 Å². The van der Waals surface area contributed by atoms with Crippen LogP contribution in [0.25, 0.3) is 11.3 Å². The Labute approximate surface area is 425 Å². The molecule has 0 radical (unpaired) electrons. The summed E-state index contributed by atoms with van der Waals surface area (Å²) in [7, 11) is 0. The number of hydrogen-bond donors (Lipinski definition) is 9. The molecular weight excluding hydrogens is 921 g/mol. The van der Waals surface area contributed by atoms with Gasteiger partial charge in [0.05, 0.1) is 6.10 Å². The minimum atomic E-state index is -1.09. The second-order valence-electron chi connectivity index (χ2n) is 22.6. The van der Waals surface area contributed by atoms with Crippen LogP contribution in [-0.4, -0.2) is 59.3 Å². The van der Waals surface area contributed by atoms with Crippen LogP contribution in [0.5, 0.6) is 46.0 Å². The summed E-state index contributed by atoms with van der Waals surface area (Å²) in [6.45, 7) is -0.104. The van der Waals surface area contributed by atoms with Gasteiger partial charge in [0.25, 0.3) is 0 Å². The van der Waals surface area contributed by atoms with Gasteiger partial charge in [-0.2, -0.15) is 0 Å². The Balaban J connectivity index is 1.05. The molecule has 10 atom stereocenters. The average Bonchev–Trinajstić information content (AvgIpc) is 4.01. The largest absolute Gasteiger partial charge is 0.508 e. The summed E-state index contributed by atoms with van der Waals surface area (Å²) in [4.78, 5) is 18.8. The molecule has 12 nitrogen and oxygen atoms in total. The van der Waals surface area contributed by atoms with E-state index in [4.69, 9.17) is 15.2 Å². The van der Waals surface area contributed by atoms with Crippen LogP contribution in [0.15, 0.2) is 103 Å². The van der Waals surface area contributed by atoms with E-state index in [1.807, 2.05) is 6.07 Å². The van der Waals surface area contributed by atoms with E-state index in [1.165, 1.54) is 41.7 Å². The van der Waals surface area contributed by atoms with Crippen molar-refractivity contribution in [2.45, 2.75) is 119 Å². The number of H-pyrrole nitrogens is 1. The van der Waals surface area contributed by atoms with E-state index in [-0.39, 0.29) is 107 Å². The van der Waals surface area contributed by atoms with Gasteiger partial charge in [-0.25, -0.2) is 0 Å². The van der Waals surface area contributed by atoms with Gasteiger partial charge in [0, 0.05) is 46.8 Å². The number of aliphatic hydroxyl groups excluding tert-OH is 1. The third-order valence-electron chi connectivity index (χ3n) is 19.1. The Morgan fingerprint density at radius 3 is 2.40 bits per heavy atom. The number of aromatic amines is 1. The standard InChI is InChI=1S/C61H66N2O10/c62-32-73-52-23-33(11-15-49(52)67)10-14-48(66)43-25-36(24-35-12-13-39(65)28-50(35)68)42-26-37-27-47(54(55(42)57(43)70)44-29-51(69)58(71)59(53(37)44)72-30-34-6-5-7-38(64)22-34)61-31-60(18-3-4-19-60)20-16-46(61)41-17-21-63-56(41)40-8-1-2-9-45(40)61/h1-2,5-9,11-13,15,17,21-23,28-29,36-37,42-43,46-47,54-55,57,63-65,67-71H,3-4,10,14,16,18-20,24-27,30-32,62H2. The number of aromatic hydroxyl groups is 6. The second-order valence-corrected chi connectivity index (χ2v) is 22.6. The van der Waals surface area contributed by atoms with Crippen LogP contribution in [0.2, 0.25) is 0 Å². The number of nitrogens with two attached hydrogens (primary N) is 1. The quantitative estimate of drug-likeness (QED) is 0.0415. The monoisotopic (exact) mass is 986 g/mol. The van der Waals surface area contributed by atoms with E-state index in [1.54, 1.807) is 48.5 Å². The van der Waals surface area contributed by atoms with Crippen LogP contribution >= 0.6 is 0 Å². The first kappa shape index (κ1) is 47.4. The summed E-state index contributed by atoms with van der Waals surface area (Å²) in [5.41, 5.74) is 14.1. The van der Waals surface area contributed by atoms with Crippen molar-refractivity contribution >= 4 is 5.78 Å². The molecule has 13 rings (SSSR count). The summed E-state index contributed by atoms with van der Waals surface area (Å²) in [6.07, 6.45) is 11.3. The summed E-state index contributed by atoms with van der Waals surface area (Å²) in [5, 5.41) is 80.3. The molecule has 4 fully saturated rings. The molecule has 0 saturated heterocycles. The second kappa shape index (κ2) is 18.4. The molecule has 7 aliphatic rings. The highest BCUT2D eigenvalue weighted by Gasteiger charge is 2.65. The predicted octanol–water partition coefficient (Wildman–Crippen LogP) is 10.8. The molecule has 1 heterocycles. The number of aryl methyl sites for hydroxylation is 1. The van der Waals surface area contributed by atoms with Crippen molar-refractivity contribution < 1.29 is 50.0 Å². The number of hydrogen-bond acceptors (Lipinski definition) is 11. The Morgan fingerprint density at radius 1 is 0.767 bits per heavy atom. The van der Waals surface area contributed by atoms with E-state index in [2.05, 4.69) is 41.5 Å². The van der Waals surface area contributed by atoms with Crippen molar-refractivity contribution in [3.05, 3.63) is 142 Å². The highest BCUT2D eigenvalue weighted by Crippen LogP contribution is 2.74. The molecule has 0 aliphatic heterocycles. The van der Waals surface area contributed by atoms with Gasteiger partial charge >= 0.3 is 0 Å². The fourth-order valence-electron chi connectivity index (χ4n) is 16.3. The van der Waals surface area contributed by atoms with Crippen LogP contribution < -0.4 is 15.2 Å². The number of rotatable bonds is 12. The molecule has 12 heteroatoms. The number of ether oxygens (including phenoxy) is 2. The zero-order valence-electron chi connectivity index (χ0n) is 41.1. The number of Topliss-reactive ketones (excluding diaryl/α,β-unsaturated/α-hetero) is 1. The predicted molar refractivity (Wildman–Crippen MR) is 275 cm³/mol. The van der Waals surface area contributed by atoms with Crippen LogP contribution in [0.3, 0.4) is 0 Å². The number of phenolic OH excluding ortho intramolecular Hbond substituents is 6. The molecule has 1 aromatic heterocycles. The van der Waals surface area contributed by atoms with E-state index in [0.717, 1.165) is 54.5 Å². The maximum absolute atomic E-state index is 15.2. The number of aromatic nitrogens is 1. The van der Waals surface area contributed by atoms with Crippen LogP contribution in [-0.2, 0) is 29.7 Å². The van der Waals surface area contributed by atoms with Crippen LogP contribution in [0.1, 0.15) is 127 Å². The molecule has 7 aliphatic carbocycles.